The third kappa shape index (κ3) is 3.66. The maximum Gasteiger partial charge on any atom is 0.147 e. The highest BCUT2D eigenvalue weighted by Crippen LogP contribution is 2.23. The van der Waals surface area contributed by atoms with E-state index in [2.05, 4.69) is 22.0 Å². The quantitative estimate of drug-likeness (QED) is 0.620. The molecule has 0 bridgehead atoms. The summed E-state index contributed by atoms with van der Waals surface area (Å²) >= 11 is 4.77. The van der Waals surface area contributed by atoms with Crippen LogP contribution in [0.5, 0.6) is 0 Å². The van der Waals surface area contributed by atoms with Crippen LogP contribution in [0.3, 0.4) is 0 Å². The molecule has 0 aliphatic heterocycles. The first-order valence-corrected chi connectivity index (χ1v) is 7.16. The van der Waals surface area contributed by atoms with E-state index < -0.39 is 0 Å². The van der Waals surface area contributed by atoms with Gasteiger partial charge in [-0.1, -0.05) is 28.1 Å². The molecule has 4 heteroatoms. The fourth-order valence-electron chi connectivity index (χ4n) is 1.40. The molecule has 0 N–H and O–H groups in total. The molecule has 0 saturated heterocycles. The van der Waals surface area contributed by atoms with Gasteiger partial charge in [0.1, 0.15) is 5.78 Å². The van der Waals surface area contributed by atoms with Gasteiger partial charge in [-0.15, -0.1) is 11.8 Å². The molecule has 0 fully saturated rings. The normalized spacial score (nSPS) is 9.81. The van der Waals surface area contributed by atoms with Crippen LogP contribution < -0.4 is 0 Å². The minimum atomic E-state index is 0.170. The lowest BCUT2D eigenvalue weighted by Gasteiger charge is -2.07. The summed E-state index contributed by atoms with van der Waals surface area (Å²) in [5.74, 6) is 0.170. The lowest BCUT2D eigenvalue weighted by molar-refractivity contribution is -0.115. The van der Waals surface area contributed by atoms with E-state index in [1.54, 1.807) is 11.8 Å². The number of thioether (sulfide) groups is 1. The maximum atomic E-state index is 11.4. The number of hydrogen-bond donors (Lipinski definition) is 0. The molecule has 0 aliphatic carbocycles. The Morgan fingerprint density at radius 1 is 1.56 bits per heavy atom. The first-order chi connectivity index (χ1) is 7.71. The van der Waals surface area contributed by atoms with Crippen molar-refractivity contribution in [3.05, 3.63) is 29.3 Å². The monoisotopic (exact) mass is 297 g/mol. The van der Waals surface area contributed by atoms with E-state index in [4.69, 9.17) is 5.26 Å². The summed E-state index contributed by atoms with van der Waals surface area (Å²) in [5, 5.41) is 9.01. The Bertz CT molecular complexity index is 426. The first kappa shape index (κ1) is 13.3. The van der Waals surface area contributed by atoms with Crippen LogP contribution in [0.25, 0.3) is 0 Å². The molecule has 0 amide bonds. The van der Waals surface area contributed by atoms with Crippen molar-refractivity contribution in [3.8, 4) is 6.07 Å². The van der Waals surface area contributed by atoms with Crippen LogP contribution in [-0.4, -0.2) is 17.4 Å². The Balaban J connectivity index is 2.93. The van der Waals surface area contributed by atoms with Crippen molar-refractivity contribution in [3.63, 3.8) is 0 Å². The smallest absolute Gasteiger partial charge is 0.147 e. The summed E-state index contributed by atoms with van der Waals surface area (Å²) in [4.78, 5) is 12.4. The molecule has 1 aromatic carbocycles. The molecule has 1 aromatic rings. The Morgan fingerprint density at radius 2 is 2.31 bits per heavy atom. The van der Waals surface area contributed by atoms with Gasteiger partial charge in [0.25, 0.3) is 0 Å². The zero-order valence-electron chi connectivity index (χ0n) is 9.00. The van der Waals surface area contributed by atoms with Crippen molar-refractivity contribution in [1.82, 2.24) is 0 Å². The second-order valence-corrected chi connectivity index (χ2v) is 4.74. The second-order valence-electron chi connectivity index (χ2n) is 3.33. The molecule has 84 valence electrons. The molecule has 16 heavy (non-hydrogen) atoms. The van der Waals surface area contributed by atoms with Gasteiger partial charge in [0.2, 0.25) is 0 Å². The average Bonchev–Trinajstić information content (AvgIpc) is 2.31. The molecular formula is C12H12BrNOS. The Kier molecular flexibility index (Phi) is 5.58. The van der Waals surface area contributed by atoms with Crippen molar-refractivity contribution in [2.45, 2.75) is 17.7 Å². The number of ketones is 1. The van der Waals surface area contributed by atoms with Crippen LogP contribution in [-0.2, 0) is 17.6 Å². The second kappa shape index (κ2) is 6.72. The number of benzene rings is 1. The largest absolute Gasteiger partial charge is 0.298 e. The van der Waals surface area contributed by atoms with Gasteiger partial charge >= 0.3 is 0 Å². The molecular weight excluding hydrogens is 286 g/mol. The van der Waals surface area contributed by atoms with E-state index in [1.807, 2.05) is 24.5 Å². The molecule has 0 unspecified atom stereocenters. The van der Waals surface area contributed by atoms with Crippen LogP contribution in [0.15, 0.2) is 23.1 Å². The van der Waals surface area contributed by atoms with Gasteiger partial charge in [-0.05, 0) is 23.4 Å². The van der Waals surface area contributed by atoms with Crippen molar-refractivity contribution in [2.75, 3.05) is 11.6 Å². The molecule has 2 nitrogen and oxygen atoms in total. The topological polar surface area (TPSA) is 40.9 Å². The molecule has 0 heterocycles. The molecule has 0 aliphatic rings. The highest BCUT2D eigenvalue weighted by atomic mass is 79.9. The van der Waals surface area contributed by atoms with Gasteiger partial charge in [-0.25, -0.2) is 0 Å². The SMILES string of the molecule is CSc1cc(CC#N)ccc1CC(=O)CBr. The number of carbonyl (C=O) groups excluding carboxylic acids is 1. The third-order valence-corrected chi connectivity index (χ3v) is 3.62. The first-order valence-electron chi connectivity index (χ1n) is 4.81. The van der Waals surface area contributed by atoms with E-state index in [9.17, 15) is 4.79 Å². The molecule has 0 saturated carbocycles. The Morgan fingerprint density at radius 3 is 2.88 bits per heavy atom. The zero-order valence-corrected chi connectivity index (χ0v) is 11.4. The van der Waals surface area contributed by atoms with Gasteiger partial charge < -0.3 is 0 Å². The van der Waals surface area contributed by atoms with Crippen LogP contribution in [0, 0.1) is 11.3 Å². The highest BCUT2D eigenvalue weighted by molar-refractivity contribution is 9.09. The van der Waals surface area contributed by atoms with Crippen LogP contribution >= 0.6 is 27.7 Å². The van der Waals surface area contributed by atoms with E-state index in [0.29, 0.717) is 18.2 Å². The van der Waals surface area contributed by atoms with E-state index >= 15 is 0 Å². The van der Waals surface area contributed by atoms with Gasteiger partial charge in [0.05, 0.1) is 17.8 Å². The molecule has 0 atom stereocenters. The number of rotatable bonds is 5. The number of hydrogen-bond acceptors (Lipinski definition) is 3. The average molecular weight is 298 g/mol. The summed E-state index contributed by atoms with van der Waals surface area (Å²) in [6.45, 7) is 0. The molecule has 0 radical (unpaired) electrons. The van der Waals surface area contributed by atoms with Gasteiger partial charge in [0, 0.05) is 11.3 Å². The number of halogens is 1. The van der Waals surface area contributed by atoms with E-state index in [1.165, 1.54) is 0 Å². The maximum absolute atomic E-state index is 11.4. The van der Waals surface area contributed by atoms with E-state index in [-0.39, 0.29) is 5.78 Å². The fourth-order valence-corrected chi connectivity index (χ4v) is 2.27. The highest BCUT2D eigenvalue weighted by Gasteiger charge is 2.07. The molecule has 0 spiro atoms. The van der Waals surface area contributed by atoms with Crippen LogP contribution in [0.1, 0.15) is 11.1 Å². The van der Waals surface area contributed by atoms with E-state index in [0.717, 1.165) is 16.0 Å². The number of nitrogens with zero attached hydrogens (tertiary/aromatic N) is 1. The van der Waals surface area contributed by atoms with Gasteiger partial charge in [-0.3, -0.25) is 4.79 Å². The van der Waals surface area contributed by atoms with Crippen molar-refractivity contribution in [2.24, 2.45) is 0 Å². The lowest BCUT2D eigenvalue weighted by atomic mass is 10.1. The summed E-state index contributed by atoms with van der Waals surface area (Å²) in [6, 6.07) is 7.97. The minimum absolute atomic E-state index is 0.170. The minimum Gasteiger partial charge on any atom is -0.298 e. The van der Waals surface area contributed by atoms with Gasteiger partial charge in [0.15, 0.2) is 0 Å². The van der Waals surface area contributed by atoms with Crippen LogP contribution in [0.2, 0.25) is 0 Å². The standard InChI is InChI=1S/C12H12BrNOS/c1-16-12-6-9(4-5-14)2-3-10(12)7-11(15)8-13/h2-3,6H,4,7-8H2,1H3. The predicted octanol–water partition coefficient (Wildman–Crippen LogP) is 2.98. The molecule has 1 rings (SSSR count). The number of carbonyl (C=O) groups is 1. The van der Waals surface area contributed by atoms with Crippen LogP contribution in [0.4, 0.5) is 0 Å². The van der Waals surface area contributed by atoms with Gasteiger partial charge in [-0.2, -0.15) is 5.26 Å². The number of Topliss-reactive ketones (excluding diaryl/α,β-unsaturated/α-hetero) is 1. The summed E-state index contributed by atoms with van der Waals surface area (Å²) in [7, 11) is 0. The number of nitriles is 1. The number of alkyl halides is 1. The van der Waals surface area contributed by atoms with Crippen molar-refractivity contribution < 1.29 is 4.79 Å². The Hall–Kier alpha value is -0.790. The lowest BCUT2D eigenvalue weighted by Crippen LogP contribution is -2.04. The predicted molar refractivity (Wildman–Crippen MR) is 70.0 cm³/mol. The molecule has 0 aromatic heterocycles. The summed E-state index contributed by atoms with van der Waals surface area (Å²) < 4.78 is 0. The zero-order chi connectivity index (χ0) is 12.0. The Labute approximate surface area is 108 Å². The summed E-state index contributed by atoms with van der Waals surface area (Å²) in [6.07, 6.45) is 2.85. The van der Waals surface area contributed by atoms with Crippen molar-refractivity contribution in [1.29, 1.82) is 5.26 Å². The third-order valence-electron chi connectivity index (χ3n) is 2.17. The fraction of sp³-hybridized carbons (Fsp3) is 0.333. The summed E-state index contributed by atoms with van der Waals surface area (Å²) in [5.41, 5.74) is 2.04. The van der Waals surface area contributed by atoms with Crippen molar-refractivity contribution >= 4 is 33.5 Å².